The van der Waals surface area contributed by atoms with E-state index in [1.165, 1.54) is 0 Å². The second kappa shape index (κ2) is 7.03. The van der Waals surface area contributed by atoms with Crippen LogP contribution in [-0.2, 0) is 4.79 Å². The van der Waals surface area contributed by atoms with Crippen LogP contribution in [0.3, 0.4) is 0 Å². The highest BCUT2D eigenvalue weighted by atomic mass is 16.5. The minimum atomic E-state index is -0.703. The van der Waals surface area contributed by atoms with Crippen molar-refractivity contribution < 1.29 is 14.3 Å². The summed E-state index contributed by atoms with van der Waals surface area (Å²) in [5.74, 6) is 1.26. The zero-order chi connectivity index (χ0) is 18.8. The van der Waals surface area contributed by atoms with Crippen molar-refractivity contribution in [3.8, 4) is 17.1 Å². The van der Waals surface area contributed by atoms with Crippen LogP contribution in [0.25, 0.3) is 11.4 Å². The van der Waals surface area contributed by atoms with Crippen molar-refractivity contribution in [2.24, 2.45) is 0 Å². The van der Waals surface area contributed by atoms with Crippen molar-refractivity contribution in [3.05, 3.63) is 59.9 Å². The standard InChI is InChI=1S/C20H18N4O3/c1-27-16-9-7-12(8-10-16)17(25)20(26)21-15-4-2-3-14(11-15)19-22-18(23-24-19)13-5-6-13/h2-4,7-11,13H,5-6H2,1H3,(H,21,26)(H,22,23,24). The highest BCUT2D eigenvalue weighted by molar-refractivity contribution is 6.46. The van der Waals surface area contributed by atoms with Crippen LogP contribution >= 0.6 is 0 Å². The Morgan fingerprint density at radius 2 is 1.93 bits per heavy atom. The predicted molar refractivity (Wildman–Crippen MR) is 99.7 cm³/mol. The molecule has 0 atom stereocenters. The van der Waals surface area contributed by atoms with Gasteiger partial charge in [-0.1, -0.05) is 12.1 Å². The van der Waals surface area contributed by atoms with E-state index in [4.69, 9.17) is 4.74 Å². The number of amides is 1. The van der Waals surface area contributed by atoms with Crippen molar-refractivity contribution in [3.63, 3.8) is 0 Å². The molecule has 0 spiro atoms. The quantitative estimate of drug-likeness (QED) is 0.518. The summed E-state index contributed by atoms with van der Waals surface area (Å²) in [6, 6.07) is 13.5. The molecular weight excluding hydrogens is 344 g/mol. The number of Topliss-reactive ketones (excluding diaryl/α,β-unsaturated/α-hetero) is 1. The number of benzene rings is 2. The second-order valence-electron chi connectivity index (χ2n) is 6.41. The van der Waals surface area contributed by atoms with Crippen LogP contribution in [-0.4, -0.2) is 34.0 Å². The average Bonchev–Trinajstić information content (AvgIpc) is 3.44. The Balaban J connectivity index is 1.48. The normalized spacial score (nSPS) is 13.2. The van der Waals surface area contributed by atoms with E-state index < -0.39 is 11.7 Å². The van der Waals surface area contributed by atoms with Crippen LogP contribution in [0.2, 0.25) is 0 Å². The third-order valence-corrected chi connectivity index (χ3v) is 4.40. The van der Waals surface area contributed by atoms with Gasteiger partial charge in [0.15, 0.2) is 5.82 Å². The Kier molecular flexibility index (Phi) is 4.42. The molecule has 7 heteroatoms. The summed E-state index contributed by atoms with van der Waals surface area (Å²) >= 11 is 0. The molecule has 1 aromatic heterocycles. The number of nitrogens with zero attached hydrogens (tertiary/aromatic N) is 2. The van der Waals surface area contributed by atoms with Gasteiger partial charge in [-0.3, -0.25) is 14.7 Å². The van der Waals surface area contributed by atoms with Gasteiger partial charge in [0.2, 0.25) is 0 Å². The molecule has 1 saturated carbocycles. The van der Waals surface area contributed by atoms with Gasteiger partial charge >= 0.3 is 0 Å². The largest absolute Gasteiger partial charge is 0.497 e. The monoisotopic (exact) mass is 362 g/mol. The molecule has 1 aliphatic carbocycles. The number of anilines is 1. The first kappa shape index (κ1) is 17.0. The number of hydrogen-bond acceptors (Lipinski definition) is 5. The number of aromatic nitrogens is 3. The average molecular weight is 362 g/mol. The number of hydrogen-bond donors (Lipinski definition) is 2. The van der Waals surface area contributed by atoms with E-state index in [9.17, 15) is 9.59 Å². The second-order valence-corrected chi connectivity index (χ2v) is 6.41. The van der Waals surface area contributed by atoms with Gasteiger partial charge in [-0.05, 0) is 49.2 Å². The van der Waals surface area contributed by atoms with E-state index in [0.717, 1.165) is 24.2 Å². The number of H-pyrrole nitrogens is 1. The number of ketones is 1. The van der Waals surface area contributed by atoms with Gasteiger partial charge in [0.1, 0.15) is 11.6 Å². The van der Waals surface area contributed by atoms with E-state index in [1.54, 1.807) is 49.6 Å². The molecule has 1 fully saturated rings. The van der Waals surface area contributed by atoms with Crippen molar-refractivity contribution in [1.82, 2.24) is 15.2 Å². The summed E-state index contributed by atoms with van der Waals surface area (Å²) in [6.45, 7) is 0. The van der Waals surface area contributed by atoms with Gasteiger partial charge in [-0.2, -0.15) is 5.10 Å². The minimum absolute atomic E-state index is 0.299. The lowest BCUT2D eigenvalue weighted by molar-refractivity contribution is -0.112. The fourth-order valence-electron chi connectivity index (χ4n) is 2.74. The van der Waals surface area contributed by atoms with Crippen LogP contribution in [0.4, 0.5) is 5.69 Å². The fourth-order valence-corrected chi connectivity index (χ4v) is 2.74. The van der Waals surface area contributed by atoms with Crippen molar-refractivity contribution in [2.45, 2.75) is 18.8 Å². The summed E-state index contributed by atoms with van der Waals surface area (Å²) in [4.78, 5) is 29.1. The molecular formula is C20H18N4O3. The molecule has 0 aliphatic heterocycles. The zero-order valence-electron chi connectivity index (χ0n) is 14.7. The number of carbonyl (C=O) groups is 2. The van der Waals surface area contributed by atoms with Crippen molar-refractivity contribution in [1.29, 1.82) is 0 Å². The Morgan fingerprint density at radius 1 is 1.15 bits per heavy atom. The van der Waals surface area contributed by atoms with Gasteiger partial charge in [0.25, 0.3) is 11.7 Å². The molecule has 0 unspecified atom stereocenters. The molecule has 0 saturated heterocycles. The summed E-state index contributed by atoms with van der Waals surface area (Å²) in [5, 5.41) is 9.84. The molecule has 2 N–H and O–H groups in total. The third-order valence-electron chi connectivity index (χ3n) is 4.40. The summed E-state index contributed by atoms with van der Waals surface area (Å²) < 4.78 is 5.05. The van der Waals surface area contributed by atoms with Crippen LogP contribution in [0.15, 0.2) is 48.5 Å². The van der Waals surface area contributed by atoms with Gasteiger partial charge in [0.05, 0.1) is 7.11 Å². The van der Waals surface area contributed by atoms with E-state index >= 15 is 0 Å². The first-order valence-electron chi connectivity index (χ1n) is 8.66. The van der Waals surface area contributed by atoms with E-state index in [2.05, 4.69) is 20.5 Å². The number of ether oxygens (including phenoxy) is 1. The summed E-state index contributed by atoms with van der Waals surface area (Å²) in [5.41, 5.74) is 1.58. The topological polar surface area (TPSA) is 97.0 Å². The maximum atomic E-state index is 12.3. The number of methoxy groups -OCH3 is 1. The highest BCUT2D eigenvalue weighted by Gasteiger charge is 2.27. The number of aromatic amines is 1. The maximum absolute atomic E-state index is 12.3. The zero-order valence-corrected chi connectivity index (χ0v) is 14.7. The Hall–Kier alpha value is -3.48. The molecule has 1 aliphatic rings. The van der Waals surface area contributed by atoms with Crippen LogP contribution in [0, 0.1) is 0 Å². The Bertz CT molecular complexity index is 990. The lowest BCUT2D eigenvalue weighted by atomic mass is 10.1. The molecule has 2 aromatic carbocycles. The lowest BCUT2D eigenvalue weighted by Gasteiger charge is -2.06. The van der Waals surface area contributed by atoms with Gasteiger partial charge in [-0.15, -0.1) is 0 Å². The van der Waals surface area contributed by atoms with Crippen LogP contribution in [0.5, 0.6) is 5.75 Å². The van der Waals surface area contributed by atoms with E-state index in [0.29, 0.717) is 28.7 Å². The summed E-state index contributed by atoms with van der Waals surface area (Å²) in [7, 11) is 1.54. The van der Waals surface area contributed by atoms with Gasteiger partial charge < -0.3 is 10.1 Å². The van der Waals surface area contributed by atoms with Gasteiger partial charge in [0, 0.05) is 22.7 Å². The molecule has 136 valence electrons. The molecule has 27 heavy (non-hydrogen) atoms. The maximum Gasteiger partial charge on any atom is 0.296 e. The predicted octanol–water partition coefficient (Wildman–Crippen LogP) is 3.18. The third kappa shape index (κ3) is 3.72. The molecule has 7 nitrogen and oxygen atoms in total. The minimum Gasteiger partial charge on any atom is -0.497 e. The van der Waals surface area contributed by atoms with E-state index in [-0.39, 0.29) is 0 Å². The van der Waals surface area contributed by atoms with Gasteiger partial charge in [-0.25, -0.2) is 4.98 Å². The van der Waals surface area contributed by atoms with Crippen LogP contribution in [0.1, 0.15) is 34.9 Å². The molecule has 0 radical (unpaired) electrons. The van der Waals surface area contributed by atoms with E-state index in [1.807, 2.05) is 6.07 Å². The first-order chi connectivity index (χ1) is 13.1. The SMILES string of the molecule is COc1ccc(C(=O)C(=O)Nc2cccc(-c3n[nH]c(C4CC4)n3)c2)cc1. The Labute approximate surface area is 155 Å². The fraction of sp³-hybridized carbons (Fsp3) is 0.200. The number of rotatable bonds is 6. The molecule has 1 heterocycles. The molecule has 4 rings (SSSR count). The highest BCUT2D eigenvalue weighted by Crippen LogP contribution is 2.38. The van der Waals surface area contributed by atoms with Crippen molar-refractivity contribution in [2.75, 3.05) is 12.4 Å². The number of nitrogens with one attached hydrogen (secondary N) is 2. The molecule has 3 aromatic rings. The smallest absolute Gasteiger partial charge is 0.296 e. The van der Waals surface area contributed by atoms with Crippen molar-refractivity contribution >= 4 is 17.4 Å². The molecule has 1 amide bonds. The lowest BCUT2D eigenvalue weighted by Crippen LogP contribution is -2.22. The Morgan fingerprint density at radius 3 is 2.63 bits per heavy atom. The molecule has 0 bridgehead atoms. The summed E-state index contributed by atoms with van der Waals surface area (Å²) in [6.07, 6.45) is 2.27. The first-order valence-corrected chi connectivity index (χ1v) is 8.66. The number of carbonyl (C=O) groups excluding carboxylic acids is 2. The van der Waals surface area contributed by atoms with Crippen LogP contribution < -0.4 is 10.1 Å².